The monoisotopic (exact) mass is 234 g/mol. The summed E-state index contributed by atoms with van der Waals surface area (Å²) >= 11 is 0. The van der Waals surface area contributed by atoms with Crippen LogP contribution in [-0.2, 0) is 0 Å². The number of aromatic nitrogens is 2. The maximum absolute atomic E-state index is 12.3. The number of hydrogen-bond acceptors (Lipinski definition) is 4. The van der Waals surface area contributed by atoms with Crippen molar-refractivity contribution in [2.45, 2.75) is 38.3 Å². The first-order valence-corrected chi connectivity index (χ1v) is 6.02. The highest BCUT2D eigenvalue weighted by Gasteiger charge is 2.30. The molecule has 1 fully saturated rings. The van der Waals surface area contributed by atoms with Gasteiger partial charge in [-0.3, -0.25) is 9.78 Å². The van der Waals surface area contributed by atoms with E-state index >= 15 is 0 Å². The topological polar surface area (TPSA) is 72.1 Å². The van der Waals surface area contributed by atoms with E-state index in [4.69, 9.17) is 5.73 Å². The highest BCUT2D eigenvalue weighted by molar-refractivity contribution is 5.92. The zero-order valence-electron chi connectivity index (χ0n) is 10.0. The molecule has 0 bridgehead atoms. The van der Waals surface area contributed by atoms with Gasteiger partial charge in [0.2, 0.25) is 0 Å². The number of nitrogens with zero attached hydrogens (tertiary/aromatic N) is 3. The lowest BCUT2D eigenvalue weighted by atomic mass is 9.96. The van der Waals surface area contributed by atoms with Gasteiger partial charge in [0, 0.05) is 31.0 Å². The van der Waals surface area contributed by atoms with Crippen LogP contribution in [0.25, 0.3) is 0 Å². The molecule has 2 rings (SSSR count). The average molecular weight is 234 g/mol. The van der Waals surface area contributed by atoms with Crippen molar-refractivity contribution in [3.63, 3.8) is 0 Å². The van der Waals surface area contributed by atoms with Gasteiger partial charge in [0.25, 0.3) is 5.91 Å². The van der Waals surface area contributed by atoms with Gasteiger partial charge in [0.05, 0.1) is 6.20 Å². The average Bonchev–Trinajstić information content (AvgIpc) is 2.39. The quantitative estimate of drug-likeness (QED) is 0.822. The van der Waals surface area contributed by atoms with Gasteiger partial charge in [0.1, 0.15) is 5.69 Å². The fourth-order valence-electron chi connectivity index (χ4n) is 2.31. The zero-order valence-corrected chi connectivity index (χ0v) is 10.0. The first kappa shape index (κ1) is 12.0. The molecule has 17 heavy (non-hydrogen) atoms. The summed E-state index contributed by atoms with van der Waals surface area (Å²) in [7, 11) is 0. The third-order valence-electron chi connectivity index (χ3n) is 3.20. The van der Waals surface area contributed by atoms with Crippen LogP contribution in [-0.4, -0.2) is 39.4 Å². The molecule has 2 atom stereocenters. The zero-order chi connectivity index (χ0) is 12.3. The van der Waals surface area contributed by atoms with Crippen molar-refractivity contribution >= 4 is 5.91 Å². The molecule has 2 heterocycles. The summed E-state index contributed by atoms with van der Waals surface area (Å²) in [5.41, 5.74) is 6.35. The second-order valence-corrected chi connectivity index (χ2v) is 4.51. The number of carbonyl (C=O) groups excluding carboxylic acids is 1. The second-order valence-electron chi connectivity index (χ2n) is 4.51. The molecular weight excluding hydrogens is 216 g/mol. The van der Waals surface area contributed by atoms with Crippen molar-refractivity contribution in [3.05, 3.63) is 24.3 Å². The normalized spacial score (nSPS) is 22.2. The maximum atomic E-state index is 12.3. The van der Waals surface area contributed by atoms with Crippen LogP contribution in [0.3, 0.4) is 0 Å². The van der Waals surface area contributed by atoms with Crippen LogP contribution in [0.1, 0.15) is 36.7 Å². The molecule has 0 unspecified atom stereocenters. The van der Waals surface area contributed by atoms with Crippen LogP contribution in [0, 0.1) is 0 Å². The van der Waals surface area contributed by atoms with Crippen LogP contribution < -0.4 is 5.73 Å². The summed E-state index contributed by atoms with van der Waals surface area (Å²) in [5, 5.41) is 0. The van der Waals surface area contributed by atoms with Gasteiger partial charge in [0.15, 0.2) is 0 Å². The minimum atomic E-state index is -0.0555. The minimum absolute atomic E-state index is 0.00378. The lowest BCUT2D eigenvalue weighted by molar-refractivity contribution is 0.0577. The first-order chi connectivity index (χ1) is 8.20. The van der Waals surface area contributed by atoms with Gasteiger partial charge < -0.3 is 10.6 Å². The molecule has 1 aromatic heterocycles. The molecule has 92 valence electrons. The molecule has 1 amide bonds. The van der Waals surface area contributed by atoms with E-state index in [2.05, 4.69) is 9.97 Å². The Hall–Kier alpha value is -1.49. The Morgan fingerprint density at radius 2 is 2.35 bits per heavy atom. The van der Waals surface area contributed by atoms with Crippen LogP contribution in [0.4, 0.5) is 0 Å². The molecule has 0 saturated carbocycles. The Balaban J connectivity index is 2.17. The van der Waals surface area contributed by atoms with Gasteiger partial charge in [-0.25, -0.2) is 4.98 Å². The van der Waals surface area contributed by atoms with Crippen molar-refractivity contribution < 1.29 is 4.79 Å². The lowest BCUT2D eigenvalue weighted by Crippen LogP contribution is -2.51. The van der Waals surface area contributed by atoms with E-state index in [1.54, 1.807) is 6.20 Å². The molecule has 5 nitrogen and oxygen atoms in total. The number of likely N-dealkylation sites (tertiary alicyclic amines) is 1. The van der Waals surface area contributed by atoms with Gasteiger partial charge in [-0.05, 0) is 26.2 Å². The third kappa shape index (κ3) is 2.61. The molecule has 2 N–H and O–H groups in total. The standard InChI is InChI=1S/C12H18N4O/c1-9(13)11-4-2-3-7-16(11)12(17)10-8-14-5-6-15-10/h5-6,8-9,11H,2-4,7,13H2,1H3/t9-,11+/m0/s1. The lowest BCUT2D eigenvalue weighted by Gasteiger charge is -2.37. The van der Waals surface area contributed by atoms with Crippen molar-refractivity contribution in [2.75, 3.05) is 6.54 Å². The maximum Gasteiger partial charge on any atom is 0.274 e. The Morgan fingerprint density at radius 3 is 3.00 bits per heavy atom. The van der Waals surface area contributed by atoms with Crippen LogP contribution in [0.15, 0.2) is 18.6 Å². The highest BCUT2D eigenvalue weighted by Crippen LogP contribution is 2.20. The molecule has 0 aromatic carbocycles. The van der Waals surface area contributed by atoms with Gasteiger partial charge in [-0.15, -0.1) is 0 Å². The molecule has 0 aliphatic carbocycles. The number of rotatable bonds is 2. The predicted octanol–water partition coefficient (Wildman–Crippen LogP) is 0.818. The number of carbonyl (C=O) groups is 1. The van der Waals surface area contributed by atoms with Crippen LogP contribution in [0.5, 0.6) is 0 Å². The molecule has 1 aliphatic heterocycles. The van der Waals surface area contributed by atoms with E-state index in [9.17, 15) is 4.79 Å². The Morgan fingerprint density at radius 1 is 1.53 bits per heavy atom. The summed E-state index contributed by atoms with van der Waals surface area (Å²) in [6, 6.07) is 0.120. The Kier molecular flexibility index (Phi) is 3.68. The van der Waals surface area contributed by atoms with Gasteiger partial charge in [-0.2, -0.15) is 0 Å². The predicted molar refractivity (Wildman–Crippen MR) is 64.4 cm³/mol. The third-order valence-corrected chi connectivity index (χ3v) is 3.20. The summed E-state index contributed by atoms with van der Waals surface area (Å²) in [6.45, 7) is 2.72. The fourth-order valence-corrected chi connectivity index (χ4v) is 2.31. The highest BCUT2D eigenvalue weighted by atomic mass is 16.2. The van der Waals surface area contributed by atoms with Gasteiger partial charge >= 0.3 is 0 Å². The molecule has 1 saturated heterocycles. The molecule has 0 spiro atoms. The number of amides is 1. The molecule has 0 radical (unpaired) electrons. The van der Waals surface area contributed by atoms with Crippen molar-refractivity contribution in [3.8, 4) is 0 Å². The van der Waals surface area contributed by atoms with Crippen LogP contribution >= 0.6 is 0 Å². The molecule has 1 aliphatic rings. The summed E-state index contributed by atoms with van der Waals surface area (Å²) in [4.78, 5) is 22.1. The van der Waals surface area contributed by atoms with Gasteiger partial charge in [-0.1, -0.05) is 0 Å². The fraction of sp³-hybridized carbons (Fsp3) is 0.583. The van der Waals surface area contributed by atoms with E-state index in [0.717, 1.165) is 25.8 Å². The first-order valence-electron chi connectivity index (χ1n) is 6.02. The molecular formula is C12H18N4O. The van der Waals surface area contributed by atoms with E-state index in [1.807, 2.05) is 11.8 Å². The van der Waals surface area contributed by atoms with Crippen molar-refractivity contribution in [1.82, 2.24) is 14.9 Å². The largest absolute Gasteiger partial charge is 0.333 e. The number of nitrogens with two attached hydrogens (primary N) is 1. The minimum Gasteiger partial charge on any atom is -0.333 e. The van der Waals surface area contributed by atoms with Crippen molar-refractivity contribution in [2.24, 2.45) is 5.73 Å². The summed E-state index contributed by atoms with van der Waals surface area (Å²) < 4.78 is 0. The SMILES string of the molecule is C[C@H](N)[C@H]1CCCCN1C(=O)c1cnccn1. The summed E-state index contributed by atoms with van der Waals surface area (Å²) in [5.74, 6) is -0.0555. The summed E-state index contributed by atoms with van der Waals surface area (Å²) in [6.07, 6.45) is 7.76. The van der Waals surface area contributed by atoms with Crippen molar-refractivity contribution in [1.29, 1.82) is 0 Å². The molecule has 1 aromatic rings. The second kappa shape index (κ2) is 5.23. The van der Waals surface area contributed by atoms with E-state index < -0.39 is 0 Å². The Bertz CT molecular complexity index is 379. The van der Waals surface area contributed by atoms with Crippen LogP contribution in [0.2, 0.25) is 0 Å². The number of hydrogen-bond donors (Lipinski definition) is 1. The Labute approximate surface area is 101 Å². The number of piperidine rings is 1. The van der Waals surface area contributed by atoms with E-state index in [1.165, 1.54) is 12.4 Å². The van der Waals surface area contributed by atoms with E-state index in [0.29, 0.717) is 5.69 Å². The van der Waals surface area contributed by atoms with E-state index in [-0.39, 0.29) is 18.0 Å². The molecule has 5 heteroatoms. The smallest absolute Gasteiger partial charge is 0.274 e.